The minimum atomic E-state index is 0.0276. The second-order valence-corrected chi connectivity index (χ2v) is 7.59. The van der Waals surface area contributed by atoms with Gasteiger partial charge in [0.25, 0.3) is 5.91 Å². The number of aromatic nitrogens is 1. The number of nitrogens with zero attached hydrogens (tertiary/aromatic N) is 3. The van der Waals surface area contributed by atoms with Crippen molar-refractivity contribution in [2.24, 2.45) is 5.92 Å². The van der Waals surface area contributed by atoms with Gasteiger partial charge in [-0.05, 0) is 56.8 Å². The predicted octanol–water partition coefficient (Wildman–Crippen LogP) is 1.64. The van der Waals surface area contributed by atoms with Crippen LogP contribution in [0, 0.1) is 5.92 Å². The van der Waals surface area contributed by atoms with Crippen LogP contribution < -0.4 is 5.73 Å². The van der Waals surface area contributed by atoms with Gasteiger partial charge in [-0.2, -0.15) is 0 Å². The Labute approximate surface area is 161 Å². The highest BCUT2D eigenvalue weighted by molar-refractivity contribution is 5.94. The van der Waals surface area contributed by atoms with Gasteiger partial charge in [0.2, 0.25) is 0 Å². The van der Waals surface area contributed by atoms with E-state index in [4.69, 9.17) is 15.2 Å². The van der Waals surface area contributed by atoms with E-state index in [0.29, 0.717) is 23.8 Å². The van der Waals surface area contributed by atoms with Gasteiger partial charge >= 0.3 is 0 Å². The molecule has 0 radical (unpaired) electrons. The zero-order valence-electron chi connectivity index (χ0n) is 16.3. The van der Waals surface area contributed by atoms with Gasteiger partial charge in [0.05, 0.1) is 18.3 Å². The molecule has 2 N–H and O–H groups in total. The van der Waals surface area contributed by atoms with Crippen LogP contribution in [-0.4, -0.2) is 79.8 Å². The molecule has 1 unspecified atom stereocenters. The number of ether oxygens (including phenoxy) is 2. The lowest BCUT2D eigenvalue weighted by Gasteiger charge is -2.35. The summed E-state index contributed by atoms with van der Waals surface area (Å²) in [6.45, 7) is 6.14. The summed E-state index contributed by atoms with van der Waals surface area (Å²) >= 11 is 0. The van der Waals surface area contributed by atoms with E-state index in [0.717, 1.165) is 65.1 Å². The number of amides is 1. The van der Waals surface area contributed by atoms with E-state index in [1.807, 2.05) is 4.90 Å². The van der Waals surface area contributed by atoms with Gasteiger partial charge in [0, 0.05) is 39.5 Å². The number of hydrogen-bond donors (Lipinski definition) is 1. The van der Waals surface area contributed by atoms with Crippen molar-refractivity contribution in [1.82, 2.24) is 14.8 Å². The Kier molecular flexibility index (Phi) is 7.43. The van der Waals surface area contributed by atoms with E-state index >= 15 is 0 Å². The highest BCUT2D eigenvalue weighted by atomic mass is 16.5. The minimum Gasteiger partial charge on any atom is -0.384 e. The predicted molar refractivity (Wildman–Crippen MR) is 105 cm³/mol. The van der Waals surface area contributed by atoms with Crippen LogP contribution in [0.5, 0.6) is 0 Å². The van der Waals surface area contributed by atoms with E-state index in [1.165, 1.54) is 0 Å². The number of nitrogens with two attached hydrogens (primary N) is 1. The molecule has 0 aromatic carbocycles. The van der Waals surface area contributed by atoms with Crippen molar-refractivity contribution in [3.63, 3.8) is 0 Å². The number of pyridine rings is 1. The highest BCUT2D eigenvalue weighted by Crippen LogP contribution is 2.21. The SMILES string of the molecule is COCCN1CCC(CN(CC2CCCO2)C(=O)c2ccc(N)nc2)CC1. The lowest BCUT2D eigenvalue weighted by molar-refractivity contribution is 0.0436. The van der Waals surface area contributed by atoms with Crippen molar-refractivity contribution in [3.8, 4) is 0 Å². The molecule has 2 saturated heterocycles. The molecule has 2 fully saturated rings. The fourth-order valence-electron chi connectivity index (χ4n) is 3.91. The summed E-state index contributed by atoms with van der Waals surface area (Å²) in [5, 5.41) is 0. The number of hydrogen-bond acceptors (Lipinski definition) is 6. The summed E-state index contributed by atoms with van der Waals surface area (Å²) in [4.78, 5) is 21.6. The third kappa shape index (κ3) is 5.89. The first kappa shape index (κ1) is 20.0. The largest absolute Gasteiger partial charge is 0.384 e. The van der Waals surface area contributed by atoms with Gasteiger partial charge in [-0.15, -0.1) is 0 Å². The number of carbonyl (C=O) groups excluding carboxylic acids is 1. The van der Waals surface area contributed by atoms with Gasteiger partial charge in [-0.1, -0.05) is 0 Å². The molecule has 0 aliphatic carbocycles. The first-order valence-corrected chi connectivity index (χ1v) is 9.99. The first-order valence-electron chi connectivity index (χ1n) is 9.99. The van der Waals surface area contributed by atoms with Crippen LogP contribution in [0.3, 0.4) is 0 Å². The molecule has 1 aromatic heterocycles. The summed E-state index contributed by atoms with van der Waals surface area (Å²) < 4.78 is 11.0. The number of anilines is 1. The first-order chi connectivity index (χ1) is 13.2. The van der Waals surface area contributed by atoms with Crippen molar-refractivity contribution in [3.05, 3.63) is 23.9 Å². The molecule has 7 nitrogen and oxygen atoms in total. The third-order valence-electron chi connectivity index (χ3n) is 5.57. The molecule has 27 heavy (non-hydrogen) atoms. The zero-order valence-corrected chi connectivity index (χ0v) is 16.3. The van der Waals surface area contributed by atoms with Gasteiger partial charge < -0.3 is 25.0 Å². The number of methoxy groups -OCH3 is 1. The second kappa shape index (κ2) is 10.0. The summed E-state index contributed by atoms with van der Waals surface area (Å²) in [5.74, 6) is 0.983. The van der Waals surface area contributed by atoms with Crippen molar-refractivity contribution in [1.29, 1.82) is 0 Å². The van der Waals surface area contributed by atoms with Crippen molar-refractivity contribution in [2.45, 2.75) is 31.8 Å². The van der Waals surface area contributed by atoms with Gasteiger partial charge in [-0.3, -0.25) is 4.79 Å². The fraction of sp³-hybridized carbons (Fsp3) is 0.700. The smallest absolute Gasteiger partial charge is 0.255 e. The van der Waals surface area contributed by atoms with Crippen molar-refractivity contribution < 1.29 is 14.3 Å². The Morgan fingerprint density at radius 2 is 2.15 bits per heavy atom. The molecule has 1 aromatic rings. The Morgan fingerprint density at radius 1 is 1.33 bits per heavy atom. The third-order valence-corrected chi connectivity index (χ3v) is 5.57. The molecular weight excluding hydrogens is 344 g/mol. The zero-order chi connectivity index (χ0) is 19.1. The number of piperidine rings is 1. The van der Waals surface area contributed by atoms with E-state index in [2.05, 4.69) is 9.88 Å². The van der Waals surface area contributed by atoms with Crippen LogP contribution >= 0.6 is 0 Å². The molecule has 3 heterocycles. The quantitative estimate of drug-likeness (QED) is 0.743. The molecular formula is C20H32N4O3. The van der Waals surface area contributed by atoms with Gasteiger partial charge in [0.1, 0.15) is 5.82 Å². The summed E-state index contributed by atoms with van der Waals surface area (Å²) in [5.41, 5.74) is 6.26. The average Bonchev–Trinajstić information content (AvgIpc) is 3.20. The van der Waals surface area contributed by atoms with Crippen LogP contribution in [0.2, 0.25) is 0 Å². The minimum absolute atomic E-state index is 0.0276. The molecule has 0 bridgehead atoms. The molecule has 1 atom stereocenters. The maximum absolute atomic E-state index is 13.1. The summed E-state index contributed by atoms with van der Waals surface area (Å²) in [6.07, 6.45) is 6.05. The lowest BCUT2D eigenvalue weighted by atomic mass is 9.95. The monoisotopic (exact) mass is 376 g/mol. The maximum Gasteiger partial charge on any atom is 0.255 e. The van der Waals surface area contributed by atoms with Crippen LogP contribution in [0.4, 0.5) is 5.82 Å². The molecule has 2 aliphatic heterocycles. The Hall–Kier alpha value is -1.70. The topological polar surface area (TPSA) is 80.9 Å². The van der Waals surface area contributed by atoms with Crippen molar-refractivity contribution >= 4 is 11.7 Å². The van der Waals surface area contributed by atoms with Crippen LogP contribution in [0.25, 0.3) is 0 Å². The normalized spacial score (nSPS) is 21.4. The fourth-order valence-corrected chi connectivity index (χ4v) is 3.91. The Bertz CT molecular complexity index is 581. The molecule has 150 valence electrons. The van der Waals surface area contributed by atoms with E-state index in [9.17, 15) is 4.79 Å². The molecule has 7 heteroatoms. The van der Waals surface area contributed by atoms with E-state index in [-0.39, 0.29) is 12.0 Å². The average molecular weight is 377 g/mol. The molecule has 3 rings (SSSR count). The van der Waals surface area contributed by atoms with Gasteiger partial charge in [0.15, 0.2) is 0 Å². The summed E-state index contributed by atoms with van der Waals surface area (Å²) in [7, 11) is 1.74. The molecule has 2 aliphatic rings. The molecule has 1 amide bonds. The highest BCUT2D eigenvalue weighted by Gasteiger charge is 2.27. The maximum atomic E-state index is 13.1. The standard InChI is InChI=1S/C20H32N4O3/c1-26-12-10-23-8-6-16(7-9-23)14-24(15-18-3-2-11-27-18)20(25)17-4-5-19(21)22-13-17/h4-5,13,16,18H,2-3,6-12,14-15H2,1H3,(H2,21,22). The molecule has 0 saturated carbocycles. The van der Waals surface area contributed by atoms with E-state index < -0.39 is 0 Å². The Morgan fingerprint density at radius 3 is 2.78 bits per heavy atom. The number of rotatable bonds is 8. The number of likely N-dealkylation sites (tertiary alicyclic amines) is 1. The van der Waals surface area contributed by atoms with E-state index in [1.54, 1.807) is 25.4 Å². The molecule has 0 spiro atoms. The Balaban J connectivity index is 1.60. The number of carbonyl (C=O) groups is 1. The van der Waals surface area contributed by atoms with Crippen molar-refractivity contribution in [2.75, 3.05) is 58.8 Å². The summed E-state index contributed by atoms with van der Waals surface area (Å²) in [6, 6.07) is 3.45. The lowest BCUT2D eigenvalue weighted by Crippen LogP contribution is -2.44. The van der Waals surface area contributed by atoms with Crippen LogP contribution in [-0.2, 0) is 9.47 Å². The van der Waals surface area contributed by atoms with Crippen LogP contribution in [0.1, 0.15) is 36.0 Å². The second-order valence-electron chi connectivity index (χ2n) is 7.59. The van der Waals surface area contributed by atoms with Crippen LogP contribution in [0.15, 0.2) is 18.3 Å². The number of nitrogen functional groups attached to an aromatic ring is 1. The van der Waals surface area contributed by atoms with Gasteiger partial charge in [-0.25, -0.2) is 4.98 Å².